The lowest BCUT2D eigenvalue weighted by Crippen LogP contribution is -2.08. The number of Topliss-reactive ketones (excluding diaryl/α,β-unsaturated/α-hetero) is 1. The molecule has 1 rings (SSSR count). The van der Waals surface area contributed by atoms with Gasteiger partial charge in [-0.3, -0.25) is 4.79 Å². The van der Waals surface area contributed by atoms with E-state index in [2.05, 4.69) is 0 Å². The van der Waals surface area contributed by atoms with Gasteiger partial charge in [-0.15, -0.1) is 0 Å². The molecule has 0 N–H and O–H groups in total. The van der Waals surface area contributed by atoms with E-state index >= 15 is 0 Å². The van der Waals surface area contributed by atoms with Crippen molar-refractivity contribution in [2.24, 2.45) is 0 Å². The van der Waals surface area contributed by atoms with E-state index in [1.807, 2.05) is 0 Å². The summed E-state index contributed by atoms with van der Waals surface area (Å²) < 4.78 is 47.2. The van der Waals surface area contributed by atoms with Gasteiger partial charge in [-0.2, -0.15) is 11.8 Å². The number of ketones is 1. The first-order valence-electron chi connectivity index (χ1n) is 5.03. The summed E-state index contributed by atoms with van der Waals surface area (Å²) in [5, 5.41) is 0. The van der Waals surface area contributed by atoms with Crippen LogP contribution in [0.2, 0.25) is 0 Å². The van der Waals surface area contributed by atoms with Crippen molar-refractivity contribution in [3.8, 4) is 0 Å². The van der Waals surface area contributed by atoms with E-state index in [0.717, 1.165) is 30.2 Å². The van der Waals surface area contributed by atoms with Crippen LogP contribution in [0.5, 0.6) is 0 Å². The first-order chi connectivity index (χ1) is 8.29. The lowest BCUT2D eigenvalue weighted by Gasteiger charge is -2.02. The molecule has 7 heteroatoms. The molecule has 1 aromatic rings. The van der Waals surface area contributed by atoms with Crippen molar-refractivity contribution < 1.29 is 22.0 Å². The number of carbonyl (C=O) groups is 1. The summed E-state index contributed by atoms with van der Waals surface area (Å²) in [5.41, 5.74) is 0.0840. The predicted molar refractivity (Wildman–Crippen MR) is 67.7 cm³/mol. The van der Waals surface area contributed by atoms with Gasteiger partial charge in [-0.05, 0) is 18.2 Å². The van der Waals surface area contributed by atoms with Crippen molar-refractivity contribution in [2.45, 2.75) is 0 Å². The van der Waals surface area contributed by atoms with Crippen molar-refractivity contribution >= 4 is 27.4 Å². The standard InChI is InChI=1S/C11H12F2O3S2/c1-18(15,16)5-4-17-7-11(14)8-2-3-9(12)10(13)6-8/h2-3,6H,4-5,7H2,1H3. The lowest BCUT2D eigenvalue weighted by molar-refractivity contribution is 0.102. The minimum atomic E-state index is -3.04. The Kier molecular flexibility index (Phi) is 5.28. The van der Waals surface area contributed by atoms with Crippen molar-refractivity contribution in [3.63, 3.8) is 0 Å². The van der Waals surface area contributed by atoms with Crippen LogP contribution in [0.3, 0.4) is 0 Å². The largest absolute Gasteiger partial charge is 0.293 e. The Balaban J connectivity index is 2.48. The molecule has 3 nitrogen and oxygen atoms in total. The van der Waals surface area contributed by atoms with Crippen LogP contribution in [0.25, 0.3) is 0 Å². The molecular formula is C11H12F2O3S2. The van der Waals surface area contributed by atoms with Crippen molar-refractivity contribution in [2.75, 3.05) is 23.5 Å². The molecule has 0 aromatic heterocycles. The third-order valence-corrected chi connectivity index (χ3v) is 4.24. The van der Waals surface area contributed by atoms with Crippen LogP contribution in [-0.2, 0) is 9.84 Å². The van der Waals surface area contributed by atoms with Crippen LogP contribution >= 0.6 is 11.8 Å². The van der Waals surface area contributed by atoms with E-state index < -0.39 is 21.5 Å². The summed E-state index contributed by atoms with van der Waals surface area (Å²) in [5.74, 6) is -2.09. The third kappa shape index (κ3) is 5.14. The molecule has 0 radical (unpaired) electrons. The molecule has 0 saturated carbocycles. The maximum absolute atomic E-state index is 12.9. The first kappa shape index (κ1) is 15.1. The van der Waals surface area contributed by atoms with Gasteiger partial charge in [-0.25, -0.2) is 17.2 Å². The molecule has 0 fully saturated rings. The van der Waals surface area contributed by atoms with Crippen LogP contribution in [0.1, 0.15) is 10.4 Å². The summed E-state index contributed by atoms with van der Waals surface area (Å²) in [4.78, 5) is 11.6. The molecule has 0 aliphatic rings. The Morgan fingerprint density at radius 1 is 1.28 bits per heavy atom. The highest BCUT2D eigenvalue weighted by molar-refractivity contribution is 8.01. The highest BCUT2D eigenvalue weighted by atomic mass is 32.2. The zero-order chi connectivity index (χ0) is 13.8. The van der Waals surface area contributed by atoms with E-state index in [1.54, 1.807) is 0 Å². The second kappa shape index (κ2) is 6.29. The summed E-state index contributed by atoms with van der Waals surface area (Å²) in [7, 11) is -3.04. The first-order valence-corrected chi connectivity index (χ1v) is 8.25. The van der Waals surface area contributed by atoms with Gasteiger partial charge in [0, 0.05) is 17.6 Å². The Labute approximate surface area is 108 Å². The van der Waals surface area contributed by atoms with Gasteiger partial charge >= 0.3 is 0 Å². The SMILES string of the molecule is CS(=O)(=O)CCSCC(=O)c1ccc(F)c(F)c1. The molecule has 0 aliphatic heterocycles. The number of thioether (sulfide) groups is 1. The molecule has 1 aromatic carbocycles. The van der Waals surface area contributed by atoms with Gasteiger partial charge in [-0.1, -0.05) is 0 Å². The average Bonchev–Trinajstić information content (AvgIpc) is 2.26. The van der Waals surface area contributed by atoms with Crippen LogP contribution in [0.4, 0.5) is 8.78 Å². The predicted octanol–water partition coefficient (Wildman–Crippen LogP) is 1.93. The van der Waals surface area contributed by atoms with Crippen LogP contribution in [0, 0.1) is 11.6 Å². The minimum Gasteiger partial charge on any atom is -0.293 e. The van der Waals surface area contributed by atoms with E-state index in [9.17, 15) is 22.0 Å². The van der Waals surface area contributed by atoms with Crippen molar-refractivity contribution in [1.82, 2.24) is 0 Å². The maximum atomic E-state index is 12.9. The number of halogens is 2. The fourth-order valence-electron chi connectivity index (χ4n) is 1.13. The van der Waals surface area contributed by atoms with Crippen LogP contribution < -0.4 is 0 Å². The van der Waals surface area contributed by atoms with Crippen molar-refractivity contribution in [1.29, 1.82) is 0 Å². The quantitative estimate of drug-likeness (QED) is 0.594. The Hall–Kier alpha value is -0.950. The Morgan fingerprint density at radius 3 is 2.50 bits per heavy atom. The van der Waals surface area contributed by atoms with Crippen LogP contribution in [-0.4, -0.2) is 37.7 Å². The molecule has 0 spiro atoms. The summed E-state index contributed by atoms with van der Waals surface area (Å²) >= 11 is 1.15. The van der Waals surface area contributed by atoms with E-state index in [4.69, 9.17) is 0 Å². The molecule has 0 unspecified atom stereocenters. The fraction of sp³-hybridized carbons (Fsp3) is 0.364. The lowest BCUT2D eigenvalue weighted by atomic mass is 10.1. The highest BCUT2D eigenvalue weighted by Gasteiger charge is 2.10. The zero-order valence-corrected chi connectivity index (χ0v) is 11.3. The third-order valence-electron chi connectivity index (χ3n) is 2.07. The van der Waals surface area contributed by atoms with Gasteiger partial charge < -0.3 is 0 Å². The second-order valence-electron chi connectivity index (χ2n) is 3.73. The minimum absolute atomic E-state index is 0.0112. The number of hydrogen-bond acceptors (Lipinski definition) is 4. The summed E-state index contributed by atoms with van der Waals surface area (Å²) in [6.45, 7) is 0. The van der Waals surface area contributed by atoms with Gasteiger partial charge in [0.25, 0.3) is 0 Å². The van der Waals surface area contributed by atoms with Gasteiger partial charge in [0.2, 0.25) is 0 Å². The van der Waals surface area contributed by atoms with Crippen LogP contribution in [0.15, 0.2) is 18.2 Å². The number of benzene rings is 1. The Morgan fingerprint density at radius 2 is 1.94 bits per heavy atom. The van der Waals surface area contributed by atoms with E-state index in [1.165, 1.54) is 6.07 Å². The maximum Gasteiger partial charge on any atom is 0.172 e. The molecule has 0 bridgehead atoms. The molecule has 0 aliphatic carbocycles. The van der Waals surface area contributed by atoms with E-state index in [0.29, 0.717) is 5.75 Å². The van der Waals surface area contributed by atoms with Gasteiger partial charge in [0.1, 0.15) is 9.84 Å². The zero-order valence-electron chi connectivity index (χ0n) is 9.65. The molecule has 0 heterocycles. The topological polar surface area (TPSA) is 51.2 Å². The highest BCUT2D eigenvalue weighted by Crippen LogP contribution is 2.12. The smallest absolute Gasteiger partial charge is 0.172 e. The second-order valence-corrected chi connectivity index (χ2v) is 7.10. The molecule has 0 atom stereocenters. The molecule has 0 saturated heterocycles. The van der Waals surface area contributed by atoms with E-state index in [-0.39, 0.29) is 22.9 Å². The summed E-state index contributed by atoms with van der Waals surface area (Å²) in [6.07, 6.45) is 1.12. The number of hydrogen-bond donors (Lipinski definition) is 0. The summed E-state index contributed by atoms with van der Waals surface area (Å²) in [6, 6.07) is 2.94. The monoisotopic (exact) mass is 294 g/mol. The molecule has 100 valence electrons. The number of sulfone groups is 1. The average molecular weight is 294 g/mol. The Bertz CT molecular complexity index is 541. The normalized spacial score (nSPS) is 11.5. The number of rotatable bonds is 6. The van der Waals surface area contributed by atoms with Gasteiger partial charge in [0.05, 0.1) is 11.5 Å². The molecule has 18 heavy (non-hydrogen) atoms. The molecular weight excluding hydrogens is 282 g/mol. The molecule has 0 amide bonds. The van der Waals surface area contributed by atoms with Crippen molar-refractivity contribution in [3.05, 3.63) is 35.4 Å². The van der Waals surface area contributed by atoms with Gasteiger partial charge in [0.15, 0.2) is 17.4 Å². The fourth-order valence-corrected chi connectivity index (χ4v) is 3.31. The number of carbonyl (C=O) groups excluding carboxylic acids is 1.